The molecule has 0 atom stereocenters. The standard InChI is InChI=1S/C35H51ClN6O16/c1-27(43)55-25-57-34(46)21-40(22-35(47)58-26-56-28(2)44)31-8-7-30(42(48)49)19-32(31)54-23-29-20-41(39-38-29)11-14-52-17-18-53-24-33(45)37-10-13-51-16-15-50-12-6-4-3-5-9-36/h7-8,19-20H,3-6,9-18,21-26H2,1-2H3,(H,37,45). The van der Waals surface area contributed by atoms with Gasteiger partial charge < -0.3 is 52.8 Å². The van der Waals surface area contributed by atoms with Crippen LogP contribution >= 0.6 is 11.6 Å². The third-order valence-electron chi connectivity index (χ3n) is 7.24. The number of aromatic nitrogens is 3. The molecular formula is C35H51ClN6O16. The number of alkyl halides is 1. The SMILES string of the molecule is CC(=O)OCOC(=O)CN(CC(=O)OCOC(C)=O)c1ccc([N+](=O)[O-])cc1OCc1cn(CCOCCOCC(=O)NCCOCCOCCCCCCCl)nn1. The number of unbranched alkanes of at least 4 members (excludes halogenated alkanes) is 3. The van der Waals surface area contributed by atoms with E-state index >= 15 is 0 Å². The Bertz CT molecular complexity index is 1530. The van der Waals surface area contributed by atoms with Gasteiger partial charge in [0.05, 0.1) is 69.1 Å². The number of rotatable bonds is 33. The summed E-state index contributed by atoms with van der Waals surface area (Å²) >= 11 is 5.65. The molecule has 2 aromatic rings. The van der Waals surface area contributed by atoms with Crippen LogP contribution in [-0.2, 0) is 75.0 Å². The van der Waals surface area contributed by atoms with Gasteiger partial charge in [-0.3, -0.25) is 34.1 Å². The fourth-order valence-corrected chi connectivity index (χ4v) is 4.66. The summed E-state index contributed by atoms with van der Waals surface area (Å²) in [5.41, 5.74) is 0.0101. The average Bonchev–Trinajstić information content (AvgIpc) is 3.64. The van der Waals surface area contributed by atoms with Crippen molar-refractivity contribution in [3.8, 4) is 5.75 Å². The van der Waals surface area contributed by atoms with Gasteiger partial charge in [0, 0.05) is 38.9 Å². The molecule has 0 aliphatic heterocycles. The lowest BCUT2D eigenvalue weighted by Gasteiger charge is -2.25. The van der Waals surface area contributed by atoms with Crippen molar-refractivity contribution in [2.75, 3.05) is 96.9 Å². The molecule has 23 heteroatoms. The van der Waals surface area contributed by atoms with E-state index in [4.69, 9.17) is 44.8 Å². The van der Waals surface area contributed by atoms with E-state index in [1.165, 1.54) is 10.7 Å². The van der Waals surface area contributed by atoms with Crippen LogP contribution in [0.1, 0.15) is 45.2 Å². The molecule has 324 valence electrons. The minimum atomic E-state index is -0.935. The van der Waals surface area contributed by atoms with E-state index in [1.54, 1.807) is 6.20 Å². The van der Waals surface area contributed by atoms with Crippen LogP contribution in [0.3, 0.4) is 0 Å². The highest BCUT2D eigenvalue weighted by Gasteiger charge is 2.23. The zero-order valence-electron chi connectivity index (χ0n) is 32.6. The first-order chi connectivity index (χ1) is 28.0. The smallest absolute Gasteiger partial charge is 0.328 e. The second-order valence-corrected chi connectivity index (χ2v) is 12.3. The summed E-state index contributed by atoms with van der Waals surface area (Å²) in [5, 5.41) is 22.3. The Morgan fingerprint density at radius 2 is 1.43 bits per heavy atom. The van der Waals surface area contributed by atoms with Crippen LogP contribution < -0.4 is 15.0 Å². The molecule has 1 aromatic heterocycles. The van der Waals surface area contributed by atoms with Gasteiger partial charge in [0.25, 0.3) is 5.69 Å². The largest absolute Gasteiger partial charge is 0.485 e. The molecule has 1 aromatic carbocycles. The number of esters is 4. The highest BCUT2D eigenvalue weighted by molar-refractivity contribution is 6.17. The fraction of sp³-hybridized carbons (Fsp3) is 0.629. The maximum atomic E-state index is 12.6. The predicted molar refractivity (Wildman–Crippen MR) is 201 cm³/mol. The number of amides is 1. The van der Waals surface area contributed by atoms with Gasteiger partial charge in [0.2, 0.25) is 19.5 Å². The lowest BCUT2D eigenvalue weighted by atomic mass is 10.2. The van der Waals surface area contributed by atoms with Crippen LogP contribution in [-0.4, -0.2) is 142 Å². The number of nitrogens with one attached hydrogen (secondary N) is 1. The minimum Gasteiger partial charge on any atom is -0.485 e. The molecule has 0 spiro atoms. The molecule has 22 nitrogen and oxygen atoms in total. The molecular weight excluding hydrogens is 796 g/mol. The lowest BCUT2D eigenvalue weighted by Crippen LogP contribution is -2.37. The maximum absolute atomic E-state index is 12.6. The summed E-state index contributed by atoms with van der Waals surface area (Å²) < 4.78 is 48.1. The van der Waals surface area contributed by atoms with Gasteiger partial charge in [-0.15, -0.1) is 16.7 Å². The van der Waals surface area contributed by atoms with Gasteiger partial charge in [-0.2, -0.15) is 0 Å². The van der Waals surface area contributed by atoms with Crippen molar-refractivity contribution in [2.45, 2.75) is 52.7 Å². The van der Waals surface area contributed by atoms with E-state index in [9.17, 15) is 34.1 Å². The topological polar surface area (TPSA) is 258 Å². The first-order valence-corrected chi connectivity index (χ1v) is 18.8. The number of nitro groups is 1. The number of ether oxygens (including phenoxy) is 9. The number of anilines is 1. The molecule has 0 aliphatic carbocycles. The van der Waals surface area contributed by atoms with Crippen molar-refractivity contribution in [1.82, 2.24) is 20.3 Å². The lowest BCUT2D eigenvalue weighted by molar-refractivity contribution is -0.384. The molecule has 0 radical (unpaired) electrons. The second-order valence-electron chi connectivity index (χ2n) is 11.9. The Morgan fingerprint density at radius 3 is 2.07 bits per heavy atom. The molecule has 1 N–H and O–H groups in total. The van der Waals surface area contributed by atoms with Crippen LogP contribution in [0.15, 0.2) is 24.4 Å². The molecule has 1 amide bonds. The summed E-state index contributed by atoms with van der Waals surface area (Å²) in [6.45, 7) is 2.52. The number of nitro benzene ring substituents is 1. The monoisotopic (exact) mass is 846 g/mol. The predicted octanol–water partition coefficient (Wildman–Crippen LogP) is 1.68. The van der Waals surface area contributed by atoms with Crippen molar-refractivity contribution in [2.24, 2.45) is 0 Å². The van der Waals surface area contributed by atoms with Crippen LogP contribution in [0.4, 0.5) is 11.4 Å². The average molecular weight is 847 g/mol. The van der Waals surface area contributed by atoms with E-state index in [-0.39, 0.29) is 56.1 Å². The van der Waals surface area contributed by atoms with Gasteiger partial charge in [-0.25, -0.2) is 4.68 Å². The van der Waals surface area contributed by atoms with E-state index in [1.807, 2.05) is 0 Å². The van der Waals surface area contributed by atoms with Crippen molar-refractivity contribution >= 4 is 52.8 Å². The Balaban J connectivity index is 1.79. The van der Waals surface area contributed by atoms with Crippen molar-refractivity contribution in [1.29, 1.82) is 0 Å². The van der Waals surface area contributed by atoms with E-state index < -0.39 is 55.5 Å². The van der Waals surface area contributed by atoms with Gasteiger partial charge in [-0.1, -0.05) is 18.1 Å². The van der Waals surface area contributed by atoms with Gasteiger partial charge in [0.15, 0.2) is 0 Å². The number of hydrogen-bond acceptors (Lipinski definition) is 19. The first-order valence-electron chi connectivity index (χ1n) is 18.2. The number of benzene rings is 1. The zero-order chi connectivity index (χ0) is 42.4. The fourth-order valence-electron chi connectivity index (χ4n) is 4.48. The maximum Gasteiger partial charge on any atom is 0.328 e. The third-order valence-corrected chi connectivity index (χ3v) is 7.51. The molecule has 0 fully saturated rings. The highest BCUT2D eigenvalue weighted by Crippen LogP contribution is 2.33. The van der Waals surface area contributed by atoms with Crippen LogP contribution in [0.2, 0.25) is 0 Å². The molecule has 1 heterocycles. The molecule has 58 heavy (non-hydrogen) atoms. The number of non-ortho nitro benzene ring substituents is 1. The highest BCUT2D eigenvalue weighted by atomic mass is 35.5. The normalized spacial score (nSPS) is 10.7. The number of carbonyl (C=O) groups is 5. The Morgan fingerprint density at radius 1 is 0.810 bits per heavy atom. The molecule has 0 aliphatic rings. The Labute approximate surface area is 339 Å². The van der Waals surface area contributed by atoms with Crippen molar-refractivity contribution in [3.05, 3.63) is 40.2 Å². The number of hydrogen-bond donors (Lipinski definition) is 1. The van der Waals surface area contributed by atoms with Crippen LogP contribution in [0.5, 0.6) is 5.75 Å². The van der Waals surface area contributed by atoms with E-state index in [2.05, 4.69) is 25.1 Å². The summed E-state index contributed by atoms with van der Waals surface area (Å²) in [5.74, 6) is -2.98. The number of nitrogens with zero attached hydrogens (tertiary/aromatic N) is 5. The molecule has 0 saturated carbocycles. The summed E-state index contributed by atoms with van der Waals surface area (Å²) in [4.78, 5) is 71.2. The first kappa shape index (κ1) is 49.0. The number of halogens is 1. The van der Waals surface area contributed by atoms with Gasteiger partial charge in [-0.05, 0) is 18.9 Å². The number of carbonyl (C=O) groups excluding carboxylic acids is 5. The summed E-state index contributed by atoms with van der Waals surface area (Å²) in [6.07, 6.45) is 5.77. The second kappa shape index (κ2) is 30.0. The van der Waals surface area contributed by atoms with Crippen LogP contribution in [0, 0.1) is 10.1 Å². The van der Waals surface area contributed by atoms with E-state index in [0.717, 1.165) is 56.6 Å². The Kier molecular flexibility index (Phi) is 25.3. The zero-order valence-corrected chi connectivity index (χ0v) is 33.4. The van der Waals surface area contributed by atoms with E-state index in [0.29, 0.717) is 51.1 Å². The quantitative estimate of drug-likeness (QED) is 0.0268. The van der Waals surface area contributed by atoms with Crippen LogP contribution in [0.25, 0.3) is 0 Å². The van der Waals surface area contributed by atoms with Gasteiger partial charge >= 0.3 is 23.9 Å². The van der Waals surface area contributed by atoms with Crippen molar-refractivity contribution < 1.29 is 71.5 Å². The molecule has 0 unspecified atom stereocenters. The van der Waals surface area contributed by atoms with Gasteiger partial charge in [0.1, 0.15) is 37.7 Å². The third kappa shape index (κ3) is 23.2. The molecule has 0 bridgehead atoms. The Hall–Kier alpha value is -5.16. The minimum absolute atomic E-state index is 0.0474. The molecule has 2 rings (SSSR count). The molecule has 0 saturated heterocycles. The van der Waals surface area contributed by atoms with Crippen molar-refractivity contribution in [3.63, 3.8) is 0 Å². The summed E-state index contributed by atoms with van der Waals surface area (Å²) in [7, 11) is 0. The summed E-state index contributed by atoms with van der Waals surface area (Å²) in [6, 6.07) is 3.46.